The normalized spacial score (nSPS) is 10.6. The fourth-order valence-corrected chi connectivity index (χ4v) is 2.67. The molecule has 1 aromatic carbocycles. The van der Waals surface area contributed by atoms with Crippen molar-refractivity contribution in [2.24, 2.45) is 0 Å². The smallest absolute Gasteiger partial charge is 0.135 e. The van der Waals surface area contributed by atoms with Crippen molar-refractivity contribution >= 4 is 35.6 Å². The third-order valence-corrected chi connectivity index (χ3v) is 3.99. The number of benzene rings is 1. The number of hydrogen-bond acceptors (Lipinski definition) is 3. The van der Waals surface area contributed by atoms with Crippen LogP contribution in [0, 0.1) is 0 Å². The van der Waals surface area contributed by atoms with E-state index in [1.54, 1.807) is 6.07 Å². The van der Waals surface area contributed by atoms with E-state index in [1.807, 2.05) is 24.3 Å². The van der Waals surface area contributed by atoms with Crippen molar-refractivity contribution in [1.82, 2.24) is 5.32 Å². The number of halogens is 3. The lowest BCUT2D eigenvalue weighted by molar-refractivity contribution is 0.128. The van der Waals surface area contributed by atoms with Gasteiger partial charge in [-0.15, -0.1) is 12.4 Å². The Balaban J connectivity index is 0.00000288. The van der Waals surface area contributed by atoms with Gasteiger partial charge in [0.05, 0.1) is 11.6 Å². The molecule has 2 aromatic rings. The second kappa shape index (κ2) is 11.8. The first-order valence-corrected chi connectivity index (χ1v) is 8.79. The zero-order valence-electron chi connectivity index (χ0n) is 13.8. The van der Waals surface area contributed by atoms with Gasteiger partial charge < -0.3 is 14.5 Å². The molecule has 3 nitrogen and oxygen atoms in total. The molecule has 134 valence electrons. The van der Waals surface area contributed by atoms with Crippen LogP contribution in [0.4, 0.5) is 0 Å². The monoisotopic (exact) mass is 391 g/mol. The van der Waals surface area contributed by atoms with Gasteiger partial charge in [0.1, 0.15) is 11.5 Å². The number of ether oxygens (including phenoxy) is 1. The van der Waals surface area contributed by atoms with Crippen LogP contribution in [0.3, 0.4) is 0 Å². The maximum Gasteiger partial charge on any atom is 0.135 e. The minimum atomic E-state index is 0. The Hall–Kier alpha value is -0.710. The molecule has 0 spiro atoms. The summed E-state index contributed by atoms with van der Waals surface area (Å²) in [7, 11) is 0. The van der Waals surface area contributed by atoms with E-state index in [9.17, 15) is 0 Å². The second-order valence-electron chi connectivity index (χ2n) is 5.39. The molecular formula is C18H24Cl3NO2. The third kappa shape index (κ3) is 7.04. The van der Waals surface area contributed by atoms with Gasteiger partial charge in [0.2, 0.25) is 0 Å². The third-order valence-electron chi connectivity index (χ3n) is 3.44. The Bertz CT molecular complexity index is 602. The van der Waals surface area contributed by atoms with Crippen LogP contribution in [0.25, 0.3) is 11.3 Å². The van der Waals surface area contributed by atoms with E-state index in [4.69, 9.17) is 32.4 Å². The van der Waals surface area contributed by atoms with Crippen molar-refractivity contribution in [1.29, 1.82) is 0 Å². The summed E-state index contributed by atoms with van der Waals surface area (Å²) in [6.45, 7) is 5.43. The van der Waals surface area contributed by atoms with Crippen LogP contribution in [0.1, 0.15) is 31.9 Å². The van der Waals surface area contributed by atoms with Gasteiger partial charge in [-0.05, 0) is 49.7 Å². The first kappa shape index (κ1) is 21.3. The van der Waals surface area contributed by atoms with E-state index in [2.05, 4.69) is 12.2 Å². The fourth-order valence-electron chi connectivity index (χ4n) is 2.17. The first-order chi connectivity index (χ1) is 11.2. The highest BCUT2D eigenvalue weighted by Gasteiger charge is 2.09. The van der Waals surface area contributed by atoms with Gasteiger partial charge in [0.15, 0.2) is 0 Å². The quantitative estimate of drug-likeness (QED) is 0.506. The number of unbranched alkanes of at least 4 members (excludes halogenated alkanes) is 1. The average Bonchev–Trinajstić information content (AvgIpc) is 2.98. The van der Waals surface area contributed by atoms with Crippen LogP contribution < -0.4 is 5.32 Å². The lowest BCUT2D eigenvalue weighted by atomic mass is 10.2. The lowest BCUT2D eigenvalue weighted by Gasteiger charge is -2.05. The maximum absolute atomic E-state index is 6.20. The fraction of sp³-hybridized carbons (Fsp3) is 0.444. The molecule has 6 heteroatoms. The van der Waals surface area contributed by atoms with Gasteiger partial charge in [-0.2, -0.15) is 0 Å². The Morgan fingerprint density at radius 1 is 1.08 bits per heavy atom. The molecule has 0 aliphatic rings. The van der Waals surface area contributed by atoms with Crippen molar-refractivity contribution < 1.29 is 9.15 Å². The molecule has 0 radical (unpaired) electrons. The molecule has 0 bridgehead atoms. The number of hydrogen-bond donors (Lipinski definition) is 1. The summed E-state index contributed by atoms with van der Waals surface area (Å²) >= 11 is 12.1. The van der Waals surface area contributed by atoms with E-state index in [-0.39, 0.29) is 12.4 Å². The maximum atomic E-state index is 6.20. The topological polar surface area (TPSA) is 34.4 Å². The number of nitrogens with one attached hydrogen (secondary N) is 1. The molecule has 0 amide bonds. The van der Waals surface area contributed by atoms with Crippen molar-refractivity contribution in [3.05, 3.63) is 46.1 Å². The highest BCUT2D eigenvalue weighted by atomic mass is 35.5. The molecule has 0 fully saturated rings. The van der Waals surface area contributed by atoms with E-state index in [0.29, 0.717) is 16.6 Å². The molecular weight excluding hydrogens is 369 g/mol. The van der Waals surface area contributed by atoms with Crippen LogP contribution in [-0.4, -0.2) is 19.8 Å². The SMILES string of the molecule is CCCCOCCCNCc1ccc(-c2ccc(Cl)cc2Cl)o1.Cl. The van der Waals surface area contributed by atoms with E-state index in [0.717, 1.165) is 49.7 Å². The molecule has 0 aliphatic heterocycles. The van der Waals surface area contributed by atoms with E-state index in [1.165, 1.54) is 6.42 Å². The van der Waals surface area contributed by atoms with Crippen LogP contribution in [0.15, 0.2) is 34.7 Å². The second-order valence-corrected chi connectivity index (χ2v) is 6.23. The van der Waals surface area contributed by atoms with Gasteiger partial charge in [0.25, 0.3) is 0 Å². The molecule has 24 heavy (non-hydrogen) atoms. The number of rotatable bonds is 10. The molecule has 1 heterocycles. The molecule has 1 N–H and O–H groups in total. The molecule has 0 atom stereocenters. The molecule has 1 aromatic heterocycles. The summed E-state index contributed by atoms with van der Waals surface area (Å²) in [6, 6.07) is 9.29. The molecule has 0 aliphatic carbocycles. The van der Waals surface area contributed by atoms with Crippen LogP contribution in [0.5, 0.6) is 0 Å². The lowest BCUT2D eigenvalue weighted by Crippen LogP contribution is -2.16. The van der Waals surface area contributed by atoms with Gasteiger partial charge in [0, 0.05) is 23.8 Å². The van der Waals surface area contributed by atoms with Gasteiger partial charge in [-0.25, -0.2) is 0 Å². The Morgan fingerprint density at radius 2 is 1.88 bits per heavy atom. The summed E-state index contributed by atoms with van der Waals surface area (Å²) in [4.78, 5) is 0. The van der Waals surface area contributed by atoms with Gasteiger partial charge in [-0.1, -0.05) is 36.5 Å². The first-order valence-electron chi connectivity index (χ1n) is 8.03. The highest BCUT2D eigenvalue weighted by molar-refractivity contribution is 6.36. The Labute approximate surface area is 160 Å². The van der Waals surface area contributed by atoms with Crippen LogP contribution in [-0.2, 0) is 11.3 Å². The summed E-state index contributed by atoms with van der Waals surface area (Å²) < 4.78 is 11.4. The average molecular weight is 393 g/mol. The summed E-state index contributed by atoms with van der Waals surface area (Å²) in [5, 5.41) is 4.57. The van der Waals surface area contributed by atoms with E-state index >= 15 is 0 Å². The van der Waals surface area contributed by atoms with Crippen molar-refractivity contribution in [2.75, 3.05) is 19.8 Å². The van der Waals surface area contributed by atoms with Crippen molar-refractivity contribution in [3.63, 3.8) is 0 Å². The predicted octanol–water partition coefficient (Wildman–Crippen LogP) is 5.97. The Morgan fingerprint density at radius 3 is 2.62 bits per heavy atom. The molecule has 2 rings (SSSR count). The van der Waals surface area contributed by atoms with Crippen molar-refractivity contribution in [2.45, 2.75) is 32.7 Å². The summed E-state index contributed by atoms with van der Waals surface area (Å²) in [5.41, 5.74) is 0.853. The van der Waals surface area contributed by atoms with Crippen LogP contribution >= 0.6 is 35.6 Å². The minimum absolute atomic E-state index is 0. The zero-order valence-corrected chi connectivity index (χ0v) is 16.1. The largest absolute Gasteiger partial charge is 0.460 e. The molecule has 0 saturated heterocycles. The van der Waals surface area contributed by atoms with Gasteiger partial charge >= 0.3 is 0 Å². The molecule has 0 saturated carbocycles. The summed E-state index contributed by atoms with van der Waals surface area (Å²) in [6.07, 6.45) is 3.31. The Kier molecular flexibility index (Phi) is 10.5. The van der Waals surface area contributed by atoms with E-state index < -0.39 is 0 Å². The minimum Gasteiger partial charge on any atom is -0.460 e. The van der Waals surface area contributed by atoms with Crippen LogP contribution in [0.2, 0.25) is 10.0 Å². The predicted molar refractivity (Wildman–Crippen MR) is 103 cm³/mol. The standard InChI is InChI=1S/C18H23Cl2NO2.ClH/c1-2-3-10-22-11-4-9-21-13-15-6-8-18(23-15)16-7-5-14(19)12-17(16)20;/h5-8,12,21H,2-4,9-11,13H2,1H3;1H. The number of furan rings is 1. The highest BCUT2D eigenvalue weighted by Crippen LogP contribution is 2.31. The summed E-state index contributed by atoms with van der Waals surface area (Å²) in [5.74, 6) is 1.64. The van der Waals surface area contributed by atoms with Crippen molar-refractivity contribution in [3.8, 4) is 11.3 Å². The molecule has 0 unspecified atom stereocenters. The van der Waals surface area contributed by atoms with Gasteiger partial charge in [-0.3, -0.25) is 0 Å². The zero-order chi connectivity index (χ0) is 16.5.